The van der Waals surface area contributed by atoms with Gasteiger partial charge < -0.3 is 25.1 Å². The Bertz CT molecular complexity index is 2530. The molecule has 1 unspecified atom stereocenters. The van der Waals surface area contributed by atoms with Crippen molar-refractivity contribution in [3.8, 4) is 6.07 Å². The van der Waals surface area contributed by atoms with Crippen molar-refractivity contribution in [2.75, 3.05) is 62.6 Å². The van der Waals surface area contributed by atoms with Crippen LogP contribution in [0.5, 0.6) is 0 Å². The number of imide groups is 1. The lowest BCUT2D eigenvalue weighted by Gasteiger charge is -2.44. The van der Waals surface area contributed by atoms with Crippen LogP contribution in [-0.4, -0.2) is 121 Å². The van der Waals surface area contributed by atoms with Crippen LogP contribution in [0.3, 0.4) is 0 Å². The van der Waals surface area contributed by atoms with Crippen LogP contribution in [0.15, 0.2) is 67.0 Å². The van der Waals surface area contributed by atoms with Crippen molar-refractivity contribution in [2.24, 2.45) is 0 Å². The molecule has 16 heteroatoms. The van der Waals surface area contributed by atoms with Crippen LogP contribution in [0.4, 0.5) is 16.2 Å². The maximum Gasteiger partial charge on any atom is 0.320 e. The number of hydrogen-bond donors (Lipinski definition) is 3. The number of piperazine rings is 2. The second-order valence-corrected chi connectivity index (χ2v) is 17.3. The number of piperidine rings is 1. The highest BCUT2D eigenvalue weighted by molar-refractivity contribution is 6.05. The molecule has 5 aromatic rings. The predicted molar refractivity (Wildman–Crippen MR) is 228 cm³/mol. The number of urea groups is 1. The third kappa shape index (κ3) is 8.15. The highest BCUT2D eigenvalue weighted by Crippen LogP contribution is 2.36. The molecule has 1 saturated carbocycles. The second-order valence-electron chi connectivity index (χ2n) is 17.3. The van der Waals surface area contributed by atoms with E-state index in [4.69, 9.17) is 5.10 Å². The Morgan fingerprint density at radius 2 is 1.56 bits per heavy atom. The number of aromatic nitrogens is 4. The highest BCUT2D eigenvalue weighted by atomic mass is 16.3. The number of nitrogens with zero attached hydrogens (tertiary/aromatic N) is 9. The van der Waals surface area contributed by atoms with Crippen LogP contribution in [0.25, 0.3) is 16.4 Å². The first-order valence-corrected chi connectivity index (χ1v) is 21.3. The number of amides is 5. The average molecular weight is 826 g/mol. The van der Waals surface area contributed by atoms with E-state index in [2.05, 4.69) is 31.6 Å². The Labute approximate surface area is 353 Å². The summed E-state index contributed by atoms with van der Waals surface area (Å²) in [6.45, 7) is 9.32. The Kier molecular flexibility index (Phi) is 10.7. The van der Waals surface area contributed by atoms with E-state index >= 15 is 0 Å². The van der Waals surface area contributed by atoms with Crippen molar-refractivity contribution in [1.82, 2.24) is 39.4 Å². The van der Waals surface area contributed by atoms with Gasteiger partial charge in [-0.05, 0) is 94.0 Å². The fraction of sp³-hybridized carbons (Fsp3) is 0.444. The molecule has 3 aromatic heterocycles. The van der Waals surface area contributed by atoms with Gasteiger partial charge in [-0.25, -0.2) is 9.31 Å². The predicted octanol–water partition coefficient (Wildman–Crippen LogP) is 4.60. The minimum Gasteiger partial charge on any atom is -0.386 e. The molecule has 6 heterocycles. The number of hydrogen-bond acceptors (Lipinski definition) is 10. The van der Waals surface area contributed by atoms with Crippen molar-refractivity contribution in [3.63, 3.8) is 0 Å². The molecule has 0 bridgehead atoms. The van der Waals surface area contributed by atoms with Gasteiger partial charge in [0, 0.05) is 93.3 Å². The first-order valence-electron chi connectivity index (χ1n) is 21.3. The third-order valence-electron chi connectivity index (χ3n) is 13.0. The fourth-order valence-corrected chi connectivity index (χ4v) is 9.56. The number of carbonyl (C=O) groups excluding carboxylic acids is 4. The maximum absolute atomic E-state index is 13.6. The van der Waals surface area contributed by atoms with Crippen molar-refractivity contribution >= 4 is 51.5 Å². The monoisotopic (exact) mass is 825 g/mol. The third-order valence-corrected chi connectivity index (χ3v) is 13.0. The van der Waals surface area contributed by atoms with Crippen LogP contribution >= 0.6 is 0 Å². The molecule has 3 N–H and O–H groups in total. The fourth-order valence-electron chi connectivity index (χ4n) is 9.56. The number of aliphatic hydroxyl groups is 1. The molecule has 16 nitrogen and oxygen atoms in total. The first-order chi connectivity index (χ1) is 29.4. The van der Waals surface area contributed by atoms with Gasteiger partial charge in [0.15, 0.2) is 0 Å². The van der Waals surface area contributed by atoms with Gasteiger partial charge in [0.05, 0.1) is 40.4 Å². The minimum atomic E-state index is -1.25. The molecule has 1 aliphatic carbocycles. The van der Waals surface area contributed by atoms with Crippen LogP contribution in [0.2, 0.25) is 0 Å². The summed E-state index contributed by atoms with van der Waals surface area (Å²) in [5.41, 5.74) is 3.89. The molecule has 316 valence electrons. The van der Waals surface area contributed by atoms with Crippen molar-refractivity contribution < 1.29 is 24.3 Å². The van der Waals surface area contributed by atoms with E-state index < -0.39 is 5.60 Å². The lowest BCUT2D eigenvalue weighted by atomic mass is 9.90. The summed E-state index contributed by atoms with van der Waals surface area (Å²) in [5, 5.41) is 35.9. The standard InChI is InChI=1S/C45H51N11O5/c1-45(2,61)37-25-38-31(24-39(37)48-43(59)40-13-11-35-23-29(26-46)27-47-56(35)40)28-55(50-38)34-9-7-33(8-10-34)52-17-21-54(22-18-52)44(60)53-19-15-51(16-20-53)32-5-3-30(4-6-32)36-12-14-41(57)49-42(36)58/h3-6,11,13,23-25,27-28,33-34,36,61H,7-10,12,14-22H2,1-2H3,(H,48,59)(H,49,57,58)/t33-,34-,36?. The summed E-state index contributed by atoms with van der Waals surface area (Å²) in [6, 6.07) is 19.7. The number of nitrogens with one attached hydrogen (secondary N) is 2. The summed E-state index contributed by atoms with van der Waals surface area (Å²) in [7, 11) is 0. The van der Waals surface area contributed by atoms with Gasteiger partial charge in [-0.15, -0.1) is 0 Å². The average Bonchev–Trinajstić information content (AvgIpc) is 3.90. The van der Waals surface area contributed by atoms with Gasteiger partial charge in [-0.1, -0.05) is 12.1 Å². The van der Waals surface area contributed by atoms with Crippen LogP contribution in [0.1, 0.15) is 91.5 Å². The summed E-state index contributed by atoms with van der Waals surface area (Å²) in [5.74, 6) is -1.12. The van der Waals surface area contributed by atoms with Crippen LogP contribution in [0, 0.1) is 11.3 Å². The number of rotatable bonds is 7. The quantitative estimate of drug-likeness (QED) is 0.196. The Morgan fingerprint density at radius 3 is 2.23 bits per heavy atom. The molecule has 1 atom stereocenters. The zero-order valence-corrected chi connectivity index (χ0v) is 34.6. The first kappa shape index (κ1) is 40.1. The highest BCUT2D eigenvalue weighted by Gasteiger charge is 2.34. The summed E-state index contributed by atoms with van der Waals surface area (Å²) in [4.78, 5) is 59.8. The molecule has 5 amide bonds. The van der Waals surface area contributed by atoms with E-state index in [1.807, 2.05) is 57.1 Å². The second kappa shape index (κ2) is 16.3. The molecular weight excluding hydrogens is 775 g/mol. The van der Waals surface area contributed by atoms with Gasteiger partial charge in [-0.2, -0.15) is 15.5 Å². The number of anilines is 2. The van der Waals surface area contributed by atoms with E-state index in [-0.39, 0.29) is 35.7 Å². The van der Waals surface area contributed by atoms with Gasteiger partial charge in [0.2, 0.25) is 11.8 Å². The summed E-state index contributed by atoms with van der Waals surface area (Å²) < 4.78 is 3.54. The van der Waals surface area contributed by atoms with E-state index in [0.717, 1.165) is 74.0 Å². The zero-order valence-electron chi connectivity index (χ0n) is 34.6. The normalized spacial score (nSPS) is 21.7. The molecule has 3 aliphatic heterocycles. The molecule has 4 aliphatic rings. The van der Waals surface area contributed by atoms with E-state index in [0.29, 0.717) is 73.1 Å². The van der Waals surface area contributed by atoms with E-state index in [1.165, 1.54) is 10.7 Å². The van der Waals surface area contributed by atoms with Crippen molar-refractivity contribution in [2.45, 2.75) is 76.0 Å². The number of benzene rings is 2. The molecule has 0 spiro atoms. The van der Waals surface area contributed by atoms with Gasteiger partial charge in [0.1, 0.15) is 11.8 Å². The Hall–Kier alpha value is -6.31. The van der Waals surface area contributed by atoms with Gasteiger partial charge in [-0.3, -0.25) is 29.3 Å². The minimum absolute atomic E-state index is 0.114. The molecule has 4 fully saturated rings. The maximum atomic E-state index is 13.6. The molecule has 2 aromatic carbocycles. The topological polar surface area (TPSA) is 184 Å². The van der Waals surface area contributed by atoms with Crippen molar-refractivity contribution in [3.05, 3.63) is 89.4 Å². The molecular formula is C45H51N11O5. The van der Waals surface area contributed by atoms with E-state index in [1.54, 1.807) is 32.0 Å². The Morgan fingerprint density at radius 1 is 0.869 bits per heavy atom. The van der Waals surface area contributed by atoms with Gasteiger partial charge in [0.25, 0.3) is 5.91 Å². The number of fused-ring (bicyclic) bond motifs is 2. The lowest BCUT2D eigenvalue weighted by Crippen LogP contribution is -2.58. The zero-order chi connectivity index (χ0) is 42.4. The molecule has 61 heavy (non-hydrogen) atoms. The van der Waals surface area contributed by atoms with Gasteiger partial charge >= 0.3 is 6.03 Å². The molecule has 9 rings (SSSR count). The number of nitriles is 1. The molecule has 3 saturated heterocycles. The molecule has 0 radical (unpaired) electrons. The number of carbonyl (C=O) groups is 4. The SMILES string of the molecule is CC(C)(O)c1cc2nn([C@H]3CC[C@H](N4CCN(C(=O)N5CCN(c6ccc(C7CCC(=O)NC7=O)cc6)CC5)CC4)CC3)cc2cc1NC(=O)c1ccc2cc(C#N)cnn12. The summed E-state index contributed by atoms with van der Waals surface area (Å²) >= 11 is 0. The largest absolute Gasteiger partial charge is 0.386 e. The summed E-state index contributed by atoms with van der Waals surface area (Å²) in [6.07, 6.45) is 8.38. The van der Waals surface area contributed by atoms with E-state index in [9.17, 15) is 29.5 Å². The van der Waals surface area contributed by atoms with Crippen LogP contribution in [-0.2, 0) is 15.2 Å². The Balaban J connectivity index is 0.763. The smallest absolute Gasteiger partial charge is 0.320 e. The van der Waals surface area contributed by atoms with Crippen LogP contribution < -0.4 is 15.5 Å². The lowest BCUT2D eigenvalue weighted by molar-refractivity contribution is -0.134. The van der Waals surface area contributed by atoms with Crippen molar-refractivity contribution in [1.29, 1.82) is 5.26 Å².